The first kappa shape index (κ1) is 13.4. The minimum absolute atomic E-state index is 0.0456. The van der Waals surface area contributed by atoms with Crippen LogP contribution in [0.3, 0.4) is 0 Å². The highest BCUT2D eigenvalue weighted by molar-refractivity contribution is 8.13. The van der Waals surface area contributed by atoms with Crippen LogP contribution in [0, 0.1) is 5.89 Å². The molecule has 0 aromatic rings. The molecule has 0 bridgehead atoms. The highest BCUT2D eigenvalue weighted by Gasteiger charge is 2.33. The lowest BCUT2D eigenvalue weighted by Crippen LogP contribution is -2.50. The Morgan fingerprint density at radius 3 is 2.72 bits per heavy atom. The van der Waals surface area contributed by atoms with Gasteiger partial charge in [0.2, 0.25) is 5.91 Å². The van der Waals surface area contributed by atoms with Gasteiger partial charge in [-0.05, 0) is 19.3 Å². The molecule has 2 atom stereocenters. The molecule has 1 saturated heterocycles. The molecule has 1 N–H and O–H groups in total. The van der Waals surface area contributed by atoms with E-state index in [9.17, 15) is 14.4 Å². The molecule has 0 aromatic carbocycles. The molecule has 0 spiro atoms. The number of hydrogen-bond donors (Lipinski definition) is 1. The van der Waals surface area contributed by atoms with Gasteiger partial charge in [0.1, 0.15) is 6.04 Å². The van der Waals surface area contributed by atoms with Crippen LogP contribution in [0.1, 0.15) is 34.5 Å². The molecule has 5 nitrogen and oxygen atoms in total. The van der Waals surface area contributed by atoms with Crippen LogP contribution in [-0.4, -0.2) is 45.3 Å². The van der Waals surface area contributed by atoms with Crippen LogP contribution in [0.5, 0.6) is 0 Å². The van der Waals surface area contributed by atoms with E-state index in [-0.39, 0.29) is 10.9 Å². The van der Waals surface area contributed by atoms with Gasteiger partial charge in [-0.3, -0.25) is 9.59 Å². The van der Waals surface area contributed by atoms with Crippen molar-refractivity contribution in [3.8, 4) is 0 Å². The van der Waals surface area contributed by atoms with Gasteiger partial charge in [0.25, 0.3) is 0 Å². The zero-order valence-electron chi connectivity index (χ0n) is 11.6. The highest BCUT2D eigenvalue weighted by atomic mass is 32.2. The molecule has 1 aliphatic rings. The smallest absolute Gasteiger partial charge is 0.326 e. The minimum Gasteiger partial charge on any atom is -0.480 e. The van der Waals surface area contributed by atoms with Crippen molar-refractivity contribution in [3.63, 3.8) is 0 Å². The fraction of sp³-hybridized carbons (Fsp3) is 0.750. The van der Waals surface area contributed by atoms with Crippen LogP contribution in [0.15, 0.2) is 0 Å². The van der Waals surface area contributed by atoms with E-state index in [1.807, 2.05) is 0 Å². The quantitative estimate of drug-likeness (QED) is 0.838. The first-order valence-corrected chi connectivity index (χ1v) is 6.91. The molecule has 1 rings (SSSR count). The van der Waals surface area contributed by atoms with Crippen molar-refractivity contribution in [3.05, 3.63) is 0 Å². The summed E-state index contributed by atoms with van der Waals surface area (Å²) in [6.45, 7) is 3.18. The molecule has 1 fully saturated rings. The van der Waals surface area contributed by atoms with E-state index >= 15 is 0 Å². The predicted molar refractivity (Wildman–Crippen MR) is 69.3 cm³/mol. The Balaban J connectivity index is 2.78. The number of carboxylic acids is 1. The molecule has 6 heteroatoms. The van der Waals surface area contributed by atoms with Gasteiger partial charge >= 0.3 is 5.97 Å². The summed E-state index contributed by atoms with van der Waals surface area (Å²) in [5, 5.41) is 8.97. The van der Waals surface area contributed by atoms with Gasteiger partial charge in [-0.1, -0.05) is 18.7 Å². The summed E-state index contributed by atoms with van der Waals surface area (Å²) in [5.41, 5.74) is 0. The van der Waals surface area contributed by atoms with Gasteiger partial charge in [-0.2, -0.15) is 0 Å². The number of hydrogen-bond acceptors (Lipinski definition) is 4. The molecular weight excluding hydrogens is 254 g/mol. The largest absolute Gasteiger partial charge is 0.480 e. The number of piperidine rings is 1. The number of carbonyl (C=O) groups excluding carboxylic acids is 2. The standard InChI is InChI=1S/C12H19NO4S/c1-8(7-18-9(2)14)11(15)13-6-4-3-5-10(13)12(16)17/h8,10H,3-7H2,1-2H3,(H,16,17)/i8D. The zero-order chi connectivity index (χ0) is 14.6. The molecule has 0 aliphatic carbocycles. The molecule has 0 aromatic heterocycles. The van der Waals surface area contributed by atoms with Crippen molar-refractivity contribution in [2.75, 3.05) is 12.3 Å². The number of carboxylic acid groups (broad SMARTS) is 1. The number of thioether (sulfide) groups is 1. The second kappa shape index (κ2) is 6.78. The van der Waals surface area contributed by atoms with E-state index in [4.69, 9.17) is 6.48 Å². The van der Waals surface area contributed by atoms with Crippen LogP contribution >= 0.6 is 11.8 Å². The lowest BCUT2D eigenvalue weighted by molar-refractivity contribution is -0.153. The number of likely N-dealkylation sites (tertiary alicyclic amines) is 1. The summed E-state index contributed by atoms with van der Waals surface area (Å²) in [5.74, 6) is -2.96. The Kier molecular flexibility index (Phi) is 5.04. The van der Waals surface area contributed by atoms with Crippen LogP contribution in [0.2, 0.25) is 0 Å². The molecule has 18 heavy (non-hydrogen) atoms. The number of amides is 1. The van der Waals surface area contributed by atoms with E-state index < -0.39 is 23.8 Å². The third-order valence-corrected chi connectivity index (χ3v) is 3.89. The van der Waals surface area contributed by atoms with Crippen LogP contribution in [-0.2, 0) is 14.4 Å². The van der Waals surface area contributed by atoms with Gasteiger partial charge in [-0.15, -0.1) is 0 Å². The third kappa shape index (κ3) is 4.01. The van der Waals surface area contributed by atoms with Gasteiger partial charge in [-0.25, -0.2) is 4.79 Å². The molecule has 0 saturated carbocycles. The average molecular weight is 274 g/mol. The molecule has 102 valence electrons. The Labute approximate surface area is 112 Å². The molecule has 0 radical (unpaired) electrons. The Morgan fingerprint density at radius 2 is 2.17 bits per heavy atom. The van der Waals surface area contributed by atoms with E-state index in [1.165, 1.54) is 18.7 Å². The summed E-state index contributed by atoms with van der Waals surface area (Å²) >= 11 is 0.919. The maximum absolute atomic E-state index is 12.3. The van der Waals surface area contributed by atoms with Crippen LogP contribution in [0.4, 0.5) is 0 Å². The van der Waals surface area contributed by atoms with Crippen molar-refractivity contribution in [1.82, 2.24) is 4.90 Å². The normalized spacial score (nSPS) is 24.0. The monoisotopic (exact) mass is 274 g/mol. The fourth-order valence-corrected chi connectivity index (χ4v) is 2.49. The maximum Gasteiger partial charge on any atom is 0.326 e. The van der Waals surface area contributed by atoms with Crippen molar-refractivity contribution in [2.24, 2.45) is 5.89 Å². The summed E-state index contributed by atoms with van der Waals surface area (Å²) in [6.07, 6.45) is 1.96. The van der Waals surface area contributed by atoms with Crippen LogP contribution in [0.25, 0.3) is 0 Å². The first-order chi connectivity index (χ1) is 8.75. The van der Waals surface area contributed by atoms with Gasteiger partial charge in [0.15, 0.2) is 5.12 Å². The molecule has 1 aliphatic heterocycles. The topological polar surface area (TPSA) is 74.7 Å². The Hall–Kier alpha value is -1.04. The second-order valence-corrected chi connectivity index (χ2v) is 5.56. The van der Waals surface area contributed by atoms with Gasteiger partial charge in [0, 0.05) is 26.5 Å². The zero-order valence-corrected chi connectivity index (χ0v) is 11.5. The summed E-state index contributed by atoms with van der Waals surface area (Å²) in [7, 11) is 0. The van der Waals surface area contributed by atoms with Crippen molar-refractivity contribution in [1.29, 1.82) is 0 Å². The third-order valence-electron chi connectivity index (χ3n) is 2.91. The van der Waals surface area contributed by atoms with Crippen LogP contribution < -0.4 is 0 Å². The lowest BCUT2D eigenvalue weighted by Gasteiger charge is -2.34. The summed E-state index contributed by atoms with van der Waals surface area (Å²) in [4.78, 5) is 35.6. The van der Waals surface area contributed by atoms with E-state index in [2.05, 4.69) is 0 Å². The molecule has 1 heterocycles. The number of aliphatic carboxylic acids is 1. The summed E-state index contributed by atoms with van der Waals surface area (Å²) < 4.78 is 8.04. The van der Waals surface area contributed by atoms with Gasteiger partial charge < -0.3 is 10.0 Å². The first-order valence-electron chi connectivity index (χ1n) is 6.43. The lowest BCUT2D eigenvalue weighted by atomic mass is 10.0. The Morgan fingerprint density at radius 1 is 1.50 bits per heavy atom. The Bertz CT molecular complexity index is 386. The van der Waals surface area contributed by atoms with E-state index in [0.717, 1.165) is 24.6 Å². The fourth-order valence-electron chi connectivity index (χ4n) is 1.95. The summed E-state index contributed by atoms with van der Waals surface area (Å²) in [6, 6.07) is -0.840. The predicted octanol–water partition coefficient (Wildman–Crippen LogP) is 1.37. The average Bonchev–Trinajstić information content (AvgIpc) is 2.35. The number of rotatable bonds is 4. The maximum atomic E-state index is 12.3. The SMILES string of the molecule is [2H]C(C)(CSC(C)=O)C(=O)N1CCCCC1C(=O)O. The minimum atomic E-state index is -1.47. The van der Waals surface area contributed by atoms with E-state index in [1.54, 1.807) is 0 Å². The number of nitrogens with zero attached hydrogens (tertiary/aromatic N) is 1. The van der Waals surface area contributed by atoms with E-state index in [0.29, 0.717) is 13.0 Å². The molecule has 2 unspecified atom stereocenters. The highest BCUT2D eigenvalue weighted by Crippen LogP contribution is 2.21. The van der Waals surface area contributed by atoms with Crippen molar-refractivity contribution >= 4 is 28.8 Å². The molecule has 1 amide bonds. The van der Waals surface area contributed by atoms with Gasteiger partial charge in [0.05, 0.1) is 0 Å². The van der Waals surface area contributed by atoms with Crippen molar-refractivity contribution in [2.45, 2.75) is 39.2 Å². The molecular formula is C12H19NO4S. The second-order valence-electron chi connectivity index (χ2n) is 4.41. The number of carbonyl (C=O) groups is 3. The van der Waals surface area contributed by atoms with Crippen molar-refractivity contribution < 1.29 is 20.9 Å².